The number of dihydropyridines is 1. The van der Waals surface area contributed by atoms with E-state index in [1.165, 1.54) is 29.3 Å². The van der Waals surface area contributed by atoms with E-state index in [1.54, 1.807) is 26.8 Å². The molecule has 1 heterocycles. The number of carboxylic acid groups (broad SMARTS) is 1. The van der Waals surface area contributed by atoms with Crippen LogP contribution < -0.4 is 10.6 Å². The van der Waals surface area contributed by atoms with Crippen molar-refractivity contribution in [2.75, 3.05) is 6.54 Å². The van der Waals surface area contributed by atoms with Crippen molar-refractivity contribution in [3.05, 3.63) is 134 Å². The molecule has 0 radical (unpaired) electrons. The molecule has 1 aliphatic heterocycles. The van der Waals surface area contributed by atoms with Gasteiger partial charge in [-0.3, -0.25) is 10.1 Å². The topological polar surface area (TPSA) is 131 Å². The van der Waals surface area contributed by atoms with Crippen molar-refractivity contribution in [2.24, 2.45) is 0 Å². The van der Waals surface area contributed by atoms with Crippen LogP contribution in [-0.4, -0.2) is 40.2 Å². The number of aliphatic carboxylic acids is 1. The van der Waals surface area contributed by atoms with E-state index in [0.29, 0.717) is 23.5 Å². The average Bonchev–Trinajstić information content (AvgIpc) is 2.99. The monoisotopic (exact) mass is 597 g/mol. The van der Waals surface area contributed by atoms with Gasteiger partial charge >= 0.3 is 11.9 Å². The third-order valence-electron chi connectivity index (χ3n) is 8.34. The first kappa shape index (κ1) is 32.2. The predicted octanol–water partition coefficient (Wildman–Crippen LogP) is 6.44. The Morgan fingerprint density at radius 3 is 2.07 bits per heavy atom. The molecule has 3 N–H and O–H groups in total. The third kappa shape index (κ3) is 7.23. The standard InChI is InChI=1S/C35H39N3O6/c1-22-30(33(39)40)32(27-17-12-18-28(21-27)38(42)43)31(23(2)37-22)34(41)44-24(3)35(4,5)36-20-19-29(25-13-8-6-9-14-25)26-15-10-7-11-16-26/h6-18,21,24,29,32,36-37H,19-20H2,1-5H3,(H,39,40). The van der Waals surface area contributed by atoms with Gasteiger partial charge in [-0.2, -0.15) is 0 Å². The molecule has 0 aromatic heterocycles. The van der Waals surface area contributed by atoms with Crippen molar-refractivity contribution in [2.45, 2.75) is 64.5 Å². The lowest BCUT2D eigenvalue weighted by atomic mass is 9.80. The summed E-state index contributed by atoms with van der Waals surface area (Å²) in [7, 11) is 0. The Hall–Kier alpha value is -4.76. The van der Waals surface area contributed by atoms with E-state index in [2.05, 4.69) is 34.9 Å². The zero-order chi connectivity index (χ0) is 32.0. The number of carbonyl (C=O) groups is 2. The molecule has 0 saturated heterocycles. The summed E-state index contributed by atoms with van der Waals surface area (Å²) in [5.74, 6) is -2.79. The number of benzene rings is 3. The number of nitrogens with one attached hydrogen (secondary N) is 2. The summed E-state index contributed by atoms with van der Waals surface area (Å²) in [6.07, 6.45) is 0.209. The van der Waals surface area contributed by atoms with Crippen LogP contribution >= 0.6 is 0 Å². The highest BCUT2D eigenvalue weighted by atomic mass is 16.6. The summed E-state index contributed by atoms with van der Waals surface area (Å²) in [5.41, 5.74) is 2.74. The summed E-state index contributed by atoms with van der Waals surface area (Å²) in [5, 5.41) is 28.2. The van der Waals surface area contributed by atoms with Gasteiger partial charge in [0.05, 0.1) is 22.0 Å². The minimum Gasteiger partial charge on any atom is -0.478 e. The van der Waals surface area contributed by atoms with Gasteiger partial charge in [-0.25, -0.2) is 9.59 Å². The molecule has 9 heteroatoms. The summed E-state index contributed by atoms with van der Waals surface area (Å²) in [6.45, 7) is 9.63. The number of carbonyl (C=O) groups excluding carboxylic acids is 1. The highest BCUT2D eigenvalue weighted by Gasteiger charge is 2.39. The van der Waals surface area contributed by atoms with E-state index in [1.807, 2.05) is 50.2 Å². The second-order valence-electron chi connectivity index (χ2n) is 11.7. The summed E-state index contributed by atoms with van der Waals surface area (Å²) < 4.78 is 6.00. The van der Waals surface area contributed by atoms with Gasteiger partial charge in [0.15, 0.2) is 0 Å². The Kier molecular flexibility index (Phi) is 10.0. The van der Waals surface area contributed by atoms with Crippen LogP contribution in [0.25, 0.3) is 0 Å². The van der Waals surface area contributed by atoms with E-state index in [9.17, 15) is 24.8 Å². The fourth-order valence-corrected chi connectivity index (χ4v) is 5.65. The summed E-state index contributed by atoms with van der Waals surface area (Å²) >= 11 is 0. The molecule has 0 spiro atoms. The number of non-ortho nitro benzene ring substituents is 1. The van der Waals surface area contributed by atoms with Crippen LogP contribution in [0.1, 0.15) is 69.6 Å². The van der Waals surface area contributed by atoms with Gasteiger partial charge in [-0.15, -0.1) is 0 Å². The van der Waals surface area contributed by atoms with Crippen LogP contribution in [-0.2, 0) is 14.3 Å². The number of hydrogen-bond acceptors (Lipinski definition) is 7. The van der Waals surface area contributed by atoms with Crippen LogP contribution in [0.4, 0.5) is 5.69 Å². The molecule has 0 aliphatic carbocycles. The van der Waals surface area contributed by atoms with E-state index in [4.69, 9.17) is 4.74 Å². The van der Waals surface area contributed by atoms with E-state index in [0.717, 1.165) is 6.42 Å². The first-order chi connectivity index (χ1) is 20.9. The van der Waals surface area contributed by atoms with Crippen LogP contribution in [0.2, 0.25) is 0 Å². The lowest BCUT2D eigenvalue weighted by Gasteiger charge is -2.35. The molecule has 0 amide bonds. The fraction of sp³-hybridized carbons (Fsp3) is 0.314. The zero-order valence-corrected chi connectivity index (χ0v) is 25.7. The quantitative estimate of drug-likeness (QED) is 0.124. The second kappa shape index (κ2) is 13.7. The predicted molar refractivity (Wildman–Crippen MR) is 169 cm³/mol. The first-order valence-electron chi connectivity index (χ1n) is 14.6. The molecule has 2 unspecified atom stereocenters. The first-order valence-corrected chi connectivity index (χ1v) is 14.6. The molecular weight excluding hydrogens is 558 g/mol. The number of nitro groups is 1. The van der Waals surface area contributed by atoms with Crippen molar-refractivity contribution < 1.29 is 24.4 Å². The number of hydrogen-bond donors (Lipinski definition) is 3. The maximum absolute atomic E-state index is 13.8. The second-order valence-corrected chi connectivity index (χ2v) is 11.7. The molecule has 3 aromatic carbocycles. The van der Waals surface area contributed by atoms with Crippen molar-refractivity contribution in [3.63, 3.8) is 0 Å². The Bertz CT molecular complexity index is 1540. The molecule has 230 valence electrons. The molecule has 9 nitrogen and oxygen atoms in total. The number of ether oxygens (including phenoxy) is 1. The summed E-state index contributed by atoms with van der Waals surface area (Å²) in [4.78, 5) is 37.1. The maximum Gasteiger partial charge on any atom is 0.337 e. The number of carboxylic acids is 1. The van der Waals surface area contributed by atoms with Crippen molar-refractivity contribution >= 4 is 17.6 Å². The Morgan fingerprint density at radius 1 is 0.955 bits per heavy atom. The fourth-order valence-electron chi connectivity index (χ4n) is 5.65. The molecule has 0 bridgehead atoms. The molecule has 0 saturated carbocycles. The van der Waals surface area contributed by atoms with E-state index in [-0.39, 0.29) is 22.8 Å². The van der Waals surface area contributed by atoms with Crippen LogP contribution in [0.5, 0.6) is 0 Å². The molecule has 1 aliphatic rings. The number of nitro benzene ring substituents is 1. The molecule has 0 fully saturated rings. The minimum absolute atomic E-state index is 0.0686. The minimum atomic E-state index is -1.23. The summed E-state index contributed by atoms with van der Waals surface area (Å²) in [6, 6.07) is 26.4. The van der Waals surface area contributed by atoms with Gasteiger partial charge in [-0.05, 0) is 64.3 Å². The van der Waals surface area contributed by atoms with Crippen LogP contribution in [0.15, 0.2) is 107 Å². The number of allylic oxidation sites excluding steroid dienone is 2. The van der Waals surface area contributed by atoms with Crippen LogP contribution in [0, 0.1) is 10.1 Å². The van der Waals surface area contributed by atoms with Crippen molar-refractivity contribution in [1.29, 1.82) is 0 Å². The smallest absolute Gasteiger partial charge is 0.337 e. The lowest BCUT2D eigenvalue weighted by molar-refractivity contribution is -0.384. The van der Waals surface area contributed by atoms with Crippen molar-refractivity contribution in [1.82, 2.24) is 10.6 Å². The highest BCUT2D eigenvalue weighted by molar-refractivity contribution is 5.99. The maximum atomic E-state index is 13.8. The Morgan fingerprint density at radius 2 is 1.52 bits per heavy atom. The third-order valence-corrected chi connectivity index (χ3v) is 8.34. The zero-order valence-electron chi connectivity index (χ0n) is 25.7. The normalized spacial score (nSPS) is 16.0. The number of nitrogens with zero attached hydrogens (tertiary/aromatic N) is 1. The van der Waals surface area contributed by atoms with Gasteiger partial charge in [0.25, 0.3) is 5.69 Å². The van der Waals surface area contributed by atoms with E-state index >= 15 is 0 Å². The molecule has 4 rings (SSSR count). The van der Waals surface area contributed by atoms with Gasteiger partial charge in [0.2, 0.25) is 0 Å². The Labute approximate surface area is 257 Å². The molecular formula is C35H39N3O6. The number of rotatable bonds is 12. The van der Waals surface area contributed by atoms with Crippen LogP contribution in [0.3, 0.4) is 0 Å². The van der Waals surface area contributed by atoms with Gasteiger partial charge in [0.1, 0.15) is 6.10 Å². The lowest BCUT2D eigenvalue weighted by Crippen LogP contribution is -2.51. The van der Waals surface area contributed by atoms with Gasteiger partial charge in [-0.1, -0.05) is 72.8 Å². The largest absolute Gasteiger partial charge is 0.478 e. The van der Waals surface area contributed by atoms with E-state index < -0.39 is 34.4 Å². The molecule has 3 aromatic rings. The van der Waals surface area contributed by atoms with Gasteiger partial charge in [0, 0.05) is 35.0 Å². The molecule has 2 atom stereocenters. The SMILES string of the molecule is CC1=C(C(=O)O)C(c2cccc([N+](=O)[O-])c2)C(C(=O)OC(C)C(C)(C)NCCC(c2ccccc2)c2ccccc2)=C(C)N1. The molecule has 44 heavy (non-hydrogen) atoms. The van der Waals surface area contributed by atoms with Crippen molar-refractivity contribution in [3.8, 4) is 0 Å². The Balaban J connectivity index is 1.53. The number of esters is 1. The highest BCUT2D eigenvalue weighted by Crippen LogP contribution is 2.40. The average molecular weight is 598 g/mol. The van der Waals surface area contributed by atoms with Gasteiger partial charge < -0.3 is 20.5 Å².